The third kappa shape index (κ3) is 3.29. The average Bonchev–Trinajstić information content (AvgIpc) is 3.31. The second kappa shape index (κ2) is 6.70. The highest BCUT2D eigenvalue weighted by atomic mass is 16.2. The standard InChI is InChI=1S/C19H23N5O/c1-14(24-9-3-8-21-24)12-18(25)23-10-5-15(6-11-23)17-13-16-4-2-7-20-19(16)22-17/h2-4,7-9,13-15H,5-6,10-12H2,1H3,(H,20,22)/t14-/m1/s1. The molecule has 0 saturated carbocycles. The first-order chi connectivity index (χ1) is 12.2. The topological polar surface area (TPSA) is 66.8 Å². The number of carbonyl (C=O) groups is 1. The van der Waals surface area contributed by atoms with Crippen LogP contribution in [-0.2, 0) is 4.79 Å². The second-order valence-corrected chi connectivity index (χ2v) is 6.86. The minimum Gasteiger partial charge on any atom is -0.343 e. The Morgan fingerprint density at radius 1 is 1.32 bits per heavy atom. The number of rotatable bonds is 4. The summed E-state index contributed by atoms with van der Waals surface area (Å²) in [5.74, 6) is 0.696. The van der Waals surface area contributed by atoms with Gasteiger partial charge in [0.05, 0.1) is 6.04 Å². The number of aromatic nitrogens is 4. The number of nitrogens with zero attached hydrogens (tertiary/aromatic N) is 4. The van der Waals surface area contributed by atoms with Gasteiger partial charge in [-0.3, -0.25) is 9.48 Å². The van der Waals surface area contributed by atoms with E-state index in [1.807, 2.05) is 41.0 Å². The van der Waals surface area contributed by atoms with Crippen molar-refractivity contribution in [3.8, 4) is 0 Å². The summed E-state index contributed by atoms with van der Waals surface area (Å²) in [6.07, 6.45) is 7.96. The Morgan fingerprint density at radius 2 is 2.16 bits per heavy atom. The molecular formula is C19H23N5O. The SMILES string of the molecule is C[C@H](CC(=O)N1CCC(c2cc3cccnc3[nH]2)CC1)n1cccn1. The van der Waals surface area contributed by atoms with Gasteiger partial charge in [-0.15, -0.1) is 0 Å². The molecular weight excluding hydrogens is 314 g/mol. The van der Waals surface area contributed by atoms with Gasteiger partial charge in [-0.25, -0.2) is 4.98 Å². The molecule has 0 radical (unpaired) electrons. The molecule has 130 valence electrons. The van der Waals surface area contributed by atoms with Gasteiger partial charge >= 0.3 is 0 Å². The lowest BCUT2D eigenvalue weighted by Crippen LogP contribution is -2.38. The Morgan fingerprint density at radius 3 is 2.88 bits per heavy atom. The third-order valence-corrected chi connectivity index (χ3v) is 5.15. The van der Waals surface area contributed by atoms with E-state index in [2.05, 4.69) is 27.2 Å². The molecule has 0 unspecified atom stereocenters. The zero-order valence-electron chi connectivity index (χ0n) is 14.4. The molecule has 0 bridgehead atoms. The monoisotopic (exact) mass is 337 g/mol. The lowest BCUT2D eigenvalue weighted by Gasteiger charge is -2.32. The zero-order valence-corrected chi connectivity index (χ0v) is 14.4. The number of aromatic amines is 1. The lowest BCUT2D eigenvalue weighted by molar-refractivity contribution is -0.133. The van der Waals surface area contributed by atoms with Crippen LogP contribution in [0.4, 0.5) is 0 Å². The molecule has 1 amide bonds. The highest BCUT2D eigenvalue weighted by Gasteiger charge is 2.26. The van der Waals surface area contributed by atoms with E-state index in [4.69, 9.17) is 0 Å². The van der Waals surface area contributed by atoms with Crippen LogP contribution in [0, 0.1) is 0 Å². The van der Waals surface area contributed by atoms with Gasteiger partial charge in [0.2, 0.25) is 5.91 Å². The van der Waals surface area contributed by atoms with Gasteiger partial charge in [-0.05, 0) is 44.0 Å². The summed E-state index contributed by atoms with van der Waals surface area (Å²) in [5.41, 5.74) is 2.19. The molecule has 4 rings (SSSR count). The van der Waals surface area contributed by atoms with Crippen LogP contribution >= 0.6 is 0 Å². The highest BCUT2D eigenvalue weighted by molar-refractivity contribution is 5.77. The summed E-state index contributed by atoms with van der Waals surface area (Å²) in [6, 6.07) is 8.23. The number of carbonyl (C=O) groups excluding carboxylic acids is 1. The summed E-state index contributed by atoms with van der Waals surface area (Å²) in [4.78, 5) is 22.4. The van der Waals surface area contributed by atoms with Gasteiger partial charge in [0.25, 0.3) is 0 Å². The van der Waals surface area contributed by atoms with Crippen molar-refractivity contribution in [3.05, 3.63) is 48.5 Å². The van der Waals surface area contributed by atoms with Gasteiger partial charge in [-0.1, -0.05) is 0 Å². The molecule has 1 saturated heterocycles. The van der Waals surface area contributed by atoms with Crippen LogP contribution in [0.3, 0.4) is 0 Å². The number of fused-ring (bicyclic) bond motifs is 1. The summed E-state index contributed by atoms with van der Waals surface area (Å²) >= 11 is 0. The van der Waals surface area contributed by atoms with Crippen molar-refractivity contribution < 1.29 is 4.79 Å². The van der Waals surface area contributed by atoms with Crippen molar-refractivity contribution in [3.63, 3.8) is 0 Å². The number of likely N-dealkylation sites (tertiary alicyclic amines) is 1. The molecule has 1 aliphatic heterocycles. The first-order valence-electron chi connectivity index (χ1n) is 8.91. The van der Waals surface area contributed by atoms with Crippen LogP contribution in [0.15, 0.2) is 42.9 Å². The van der Waals surface area contributed by atoms with Crippen LogP contribution < -0.4 is 0 Å². The smallest absolute Gasteiger partial charge is 0.224 e. The largest absolute Gasteiger partial charge is 0.343 e. The van der Waals surface area contributed by atoms with Gasteiger partial charge in [0, 0.05) is 55.1 Å². The lowest BCUT2D eigenvalue weighted by atomic mass is 9.93. The first kappa shape index (κ1) is 15.9. The molecule has 0 spiro atoms. The minimum atomic E-state index is 0.0972. The predicted octanol–water partition coefficient (Wildman–Crippen LogP) is 3.12. The van der Waals surface area contributed by atoms with Gasteiger partial charge < -0.3 is 9.88 Å². The van der Waals surface area contributed by atoms with Crippen molar-refractivity contribution in [1.82, 2.24) is 24.6 Å². The van der Waals surface area contributed by atoms with Crippen molar-refractivity contribution in [2.24, 2.45) is 0 Å². The van der Waals surface area contributed by atoms with Gasteiger partial charge in [-0.2, -0.15) is 5.10 Å². The molecule has 1 aliphatic rings. The van der Waals surface area contributed by atoms with E-state index < -0.39 is 0 Å². The van der Waals surface area contributed by atoms with Gasteiger partial charge in [0.1, 0.15) is 5.65 Å². The summed E-state index contributed by atoms with van der Waals surface area (Å²) in [6.45, 7) is 3.67. The molecule has 1 atom stereocenters. The van der Waals surface area contributed by atoms with E-state index in [0.29, 0.717) is 12.3 Å². The highest BCUT2D eigenvalue weighted by Crippen LogP contribution is 2.30. The fraction of sp³-hybridized carbons (Fsp3) is 0.421. The zero-order chi connectivity index (χ0) is 17.2. The Hall–Kier alpha value is -2.63. The van der Waals surface area contributed by atoms with Crippen molar-refractivity contribution in [2.45, 2.75) is 38.1 Å². The summed E-state index contributed by atoms with van der Waals surface area (Å²) < 4.78 is 1.85. The quantitative estimate of drug-likeness (QED) is 0.795. The van der Waals surface area contributed by atoms with E-state index >= 15 is 0 Å². The molecule has 6 heteroatoms. The fourth-order valence-electron chi connectivity index (χ4n) is 3.66. The van der Waals surface area contributed by atoms with Crippen LogP contribution in [0.25, 0.3) is 11.0 Å². The molecule has 3 aromatic rings. The maximum Gasteiger partial charge on any atom is 0.224 e. The van der Waals surface area contributed by atoms with Crippen LogP contribution in [-0.4, -0.2) is 43.6 Å². The van der Waals surface area contributed by atoms with E-state index in [1.165, 1.54) is 5.69 Å². The minimum absolute atomic E-state index is 0.0972. The van der Waals surface area contributed by atoms with Crippen molar-refractivity contribution in [1.29, 1.82) is 0 Å². The Kier molecular flexibility index (Phi) is 4.26. The predicted molar refractivity (Wildman–Crippen MR) is 96.2 cm³/mol. The Bertz CT molecular complexity index is 813. The number of nitrogens with one attached hydrogen (secondary N) is 1. The molecule has 1 N–H and O–H groups in total. The molecule has 4 heterocycles. The Labute approximate surface area is 146 Å². The molecule has 3 aromatic heterocycles. The summed E-state index contributed by atoms with van der Waals surface area (Å²) in [5, 5.41) is 5.38. The van der Waals surface area contributed by atoms with E-state index in [-0.39, 0.29) is 11.9 Å². The summed E-state index contributed by atoms with van der Waals surface area (Å²) in [7, 11) is 0. The number of piperidine rings is 1. The Balaban J connectivity index is 1.35. The van der Waals surface area contributed by atoms with Crippen molar-refractivity contribution in [2.75, 3.05) is 13.1 Å². The maximum absolute atomic E-state index is 12.6. The normalized spacial score (nSPS) is 17.1. The maximum atomic E-state index is 12.6. The van der Waals surface area contributed by atoms with E-state index in [1.54, 1.807) is 6.20 Å². The third-order valence-electron chi connectivity index (χ3n) is 5.15. The molecule has 0 aliphatic carbocycles. The number of hydrogen-bond donors (Lipinski definition) is 1. The fourth-order valence-corrected chi connectivity index (χ4v) is 3.66. The van der Waals surface area contributed by atoms with Gasteiger partial charge in [0.15, 0.2) is 0 Å². The molecule has 25 heavy (non-hydrogen) atoms. The average molecular weight is 337 g/mol. The number of amides is 1. The van der Waals surface area contributed by atoms with Crippen LogP contribution in [0.2, 0.25) is 0 Å². The number of H-pyrrole nitrogens is 1. The van der Waals surface area contributed by atoms with E-state index in [9.17, 15) is 4.79 Å². The number of hydrogen-bond acceptors (Lipinski definition) is 3. The van der Waals surface area contributed by atoms with Crippen LogP contribution in [0.5, 0.6) is 0 Å². The second-order valence-electron chi connectivity index (χ2n) is 6.86. The number of pyridine rings is 1. The molecule has 6 nitrogen and oxygen atoms in total. The van der Waals surface area contributed by atoms with Crippen LogP contribution in [0.1, 0.15) is 43.8 Å². The first-order valence-corrected chi connectivity index (χ1v) is 8.91. The molecule has 1 fully saturated rings. The van der Waals surface area contributed by atoms with E-state index in [0.717, 1.165) is 37.0 Å². The van der Waals surface area contributed by atoms with Crippen molar-refractivity contribution >= 4 is 16.9 Å². The molecule has 0 aromatic carbocycles.